The highest BCUT2D eigenvalue weighted by molar-refractivity contribution is 7.98. The van der Waals surface area contributed by atoms with Crippen molar-refractivity contribution in [3.8, 4) is 11.5 Å². The Morgan fingerprint density at radius 3 is 2.70 bits per heavy atom. The SMILES string of the molecule is Clc1ccc(-c2nc(CSc3nc4ccccc4[nH]3)no2)cc1. The lowest BCUT2D eigenvalue weighted by Crippen LogP contribution is -1.85. The number of nitrogens with zero attached hydrogens (tertiary/aromatic N) is 3. The highest BCUT2D eigenvalue weighted by Gasteiger charge is 2.10. The van der Waals surface area contributed by atoms with E-state index in [0.717, 1.165) is 21.8 Å². The fourth-order valence-electron chi connectivity index (χ4n) is 2.15. The van der Waals surface area contributed by atoms with E-state index in [1.165, 1.54) is 11.8 Å². The summed E-state index contributed by atoms with van der Waals surface area (Å²) in [6, 6.07) is 15.2. The average Bonchev–Trinajstić information content (AvgIpc) is 3.20. The first-order valence-electron chi connectivity index (χ1n) is 6.94. The Labute approximate surface area is 141 Å². The molecule has 4 aromatic rings. The smallest absolute Gasteiger partial charge is 0.257 e. The molecule has 0 saturated carbocycles. The van der Waals surface area contributed by atoms with Crippen LogP contribution >= 0.6 is 23.4 Å². The number of para-hydroxylation sites is 2. The number of imidazole rings is 1. The highest BCUT2D eigenvalue weighted by atomic mass is 35.5. The number of nitrogens with one attached hydrogen (secondary N) is 1. The molecule has 0 atom stereocenters. The van der Waals surface area contributed by atoms with Gasteiger partial charge in [0.2, 0.25) is 0 Å². The third kappa shape index (κ3) is 3.09. The van der Waals surface area contributed by atoms with Crippen LogP contribution in [0.15, 0.2) is 58.2 Å². The Kier molecular flexibility index (Phi) is 3.77. The van der Waals surface area contributed by atoms with Crippen LogP contribution in [0.25, 0.3) is 22.5 Å². The van der Waals surface area contributed by atoms with Gasteiger partial charge < -0.3 is 9.51 Å². The van der Waals surface area contributed by atoms with Gasteiger partial charge in [-0.1, -0.05) is 40.7 Å². The second-order valence-corrected chi connectivity index (χ2v) is 6.27. The number of benzene rings is 2. The van der Waals surface area contributed by atoms with Crippen molar-refractivity contribution in [1.29, 1.82) is 0 Å². The number of aromatic amines is 1. The summed E-state index contributed by atoms with van der Waals surface area (Å²) in [5.74, 6) is 1.69. The third-order valence-electron chi connectivity index (χ3n) is 3.26. The zero-order valence-corrected chi connectivity index (χ0v) is 13.4. The first-order chi connectivity index (χ1) is 11.3. The minimum Gasteiger partial charge on any atom is -0.334 e. The Balaban J connectivity index is 1.48. The Hall–Kier alpha value is -2.31. The molecule has 5 nitrogen and oxygen atoms in total. The Morgan fingerprint density at radius 2 is 1.87 bits per heavy atom. The first kappa shape index (κ1) is 14.3. The molecule has 0 aliphatic heterocycles. The molecule has 0 aliphatic carbocycles. The second-order valence-electron chi connectivity index (χ2n) is 4.87. The van der Waals surface area contributed by atoms with Crippen LogP contribution < -0.4 is 0 Å². The number of rotatable bonds is 4. The van der Waals surface area contributed by atoms with Gasteiger partial charge in [-0.2, -0.15) is 4.98 Å². The van der Waals surface area contributed by atoms with Crippen molar-refractivity contribution < 1.29 is 4.52 Å². The van der Waals surface area contributed by atoms with Gasteiger partial charge in [0.15, 0.2) is 11.0 Å². The van der Waals surface area contributed by atoms with Crippen molar-refractivity contribution in [3.05, 3.63) is 59.4 Å². The van der Waals surface area contributed by atoms with Crippen LogP contribution in [-0.2, 0) is 5.75 Å². The molecule has 0 fully saturated rings. The lowest BCUT2D eigenvalue weighted by molar-refractivity contribution is 0.425. The second kappa shape index (κ2) is 6.06. The molecule has 0 saturated heterocycles. The maximum absolute atomic E-state index is 5.87. The van der Waals surface area contributed by atoms with Gasteiger partial charge in [0.05, 0.1) is 16.8 Å². The monoisotopic (exact) mass is 342 g/mol. The number of hydrogen-bond donors (Lipinski definition) is 1. The highest BCUT2D eigenvalue weighted by Crippen LogP contribution is 2.24. The molecule has 114 valence electrons. The van der Waals surface area contributed by atoms with E-state index in [1.54, 1.807) is 12.1 Å². The standard InChI is InChI=1S/C16H11ClN4OS/c17-11-7-5-10(6-8-11)15-20-14(21-22-15)9-23-16-18-12-3-1-2-4-13(12)19-16/h1-8H,9H2,(H,18,19). The lowest BCUT2D eigenvalue weighted by atomic mass is 10.2. The predicted molar refractivity (Wildman–Crippen MR) is 90.4 cm³/mol. The van der Waals surface area contributed by atoms with E-state index in [4.69, 9.17) is 16.1 Å². The van der Waals surface area contributed by atoms with Crippen molar-refractivity contribution in [1.82, 2.24) is 20.1 Å². The summed E-state index contributed by atoms with van der Waals surface area (Å²) in [7, 11) is 0. The van der Waals surface area contributed by atoms with Gasteiger partial charge in [-0.05, 0) is 36.4 Å². The molecule has 2 aromatic heterocycles. The van der Waals surface area contributed by atoms with Crippen LogP contribution in [0.4, 0.5) is 0 Å². The molecule has 0 aliphatic rings. The van der Waals surface area contributed by atoms with Crippen molar-refractivity contribution in [2.24, 2.45) is 0 Å². The van der Waals surface area contributed by atoms with E-state index < -0.39 is 0 Å². The van der Waals surface area contributed by atoms with Crippen LogP contribution in [-0.4, -0.2) is 20.1 Å². The molecule has 1 N–H and O–H groups in total. The van der Waals surface area contributed by atoms with Gasteiger partial charge in [-0.3, -0.25) is 0 Å². The predicted octanol–water partition coefficient (Wildman–Crippen LogP) is 4.56. The van der Waals surface area contributed by atoms with Crippen molar-refractivity contribution >= 4 is 34.4 Å². The Morgan fingerprint density at radius 1 is 1.04 bits per heavy atom. The number of halogens is 1. The van der Waals surface area contributed by atoms with Gasteiger partial charge in [0, 0.05) is 10.6 Å². The van der Waals surface area contributed by atoms with Crippen LogP contribution in [0.2, 0.25) is 5.02 Å². The molecule has 23 heavy (non-hydrogen) atoms. The van der Waals surface area contributed by atoms with Crippen LogP contribution in [0, 0.1) is 0 Å². The first-order valence-corrected chi connectivity index (χ1v) is 8.30. The fourth-order valence-corrected chi connectivity index (χ4v) is 3.01. The van der Waals surface area contributed by atoms with Gasteiger partial charge in [0.25, 0.3) is 5.89 Å². The van der Waals surface area contributed by atoms with Gasteiger partial charge in [-0.15, -0.1) is 0 Å². The summed E-state index contributed by atoms with van der Waals surface area (Å²) in [6.45, 7) is 0. The zero-order valence-electron chi connectivity index (χ0n) is 11.9. The largest absolute Gasteiger partial charge is 0.334 e. The van der Waals surface area contributed by atoms with E-state index in [2.05, 4.69) is 20.1 Å². The number of thioether (sulfide) groups is 1. The minimum atomic E-state index is 0.488. The van der Waals surface area contributed by atoms with Gasteiger partial charge in [-0.25, -0.2) is 4.98 Å². The number of fused-ring (bicyclic) bond motifs is 1. The maximum atomic E-state index is 5.87. The minimum absolute atomic E-state index is 0.488. The molecule has 4 rings (SSSR count). The van der Waals surface area contributed by atoms with Crippen LogP contribution in [0.5, 0.6) is 0 Å². The third-order valence-corrected chi connectivity index (χ3v) is 4.39. The number of hydrogen-bond acceptors (Lipinski definition) is 5. The van der Waals surface area contributed by atoms with E-state index in [-0.39, 0.29) is 0 Å². The Bertz CT molecular complexity index is 915. The summed E-state index contributed by atoms with van der Waals surface area (Å²) in [4.78, 5) is 12.2. The molecule has 0 unspecified atom stereocenters. The molecule has 0 bridgehead atoms. The fraction of sp³-hybridized carbons (Fsp3) is 0.0625. The zero-order chi connectivity index (χ0) is 15.6. The van der Waals surface area contributed by atoms with E-state index in [0.29, 0.717) is 22.5 Å². The van der Waals surface area contributed by atoms with E-state index >= 15 is 0 Å². The lowest BCUT2D eigenvalue weighted by Gasteiger charge is -1.93. The van der Waals surface area contributed by atoms with Crippen molar-refractivity contribution in [2.45, 2.75) is 10.9 Å². The summed E-state index contributed by atoms with van der Waals surface area (Å²) in [6.07, 6.45) is 0. The van der Waals surface area contributed by atoms with E-state index in [9.17, 15) is 0 Å². The van der Waals surface area contributed by atoms with E-state index in [1.807, 2.05) is 36.4 Å². The topological polar surface area (TPSA) is 67.6 Å². The number of H-pyrrole nitrogens is 1. The average molecular weight is 343 g/mol. The molecule has 0 spiro atoms. The van der Waals surface area contributed by atoms with Crippen molar-refractivity contribution in [3.63, 3.8) is 0 Å². The molecule has 0 radical (unpaired) electrons. The number of aromatic nitrogens is 4. The quantitative estimate of drug-likeness (QED) is 0.551. The molecule has 0 amide bonds. The molecular formula is C16H11ClN4OS. The van der Waals surface area contributed by atoms with Crippen LogP contribution in [0.1, 0.15) is 5.82 Å². The molecular weight excluding hydrogens is 332 g/mol. The summed E-state index contributed by atoms with van der Waals surface area (Å²) < 4.78 is 5.29. The molecule has 7 heteroatoms. The van der Waals surface area contributed by atoms with Crippen molar-refractivity contribution in [2.75, 3.05) is 0 Å². The van der Waals surface area contributed by atoms with Gasteiger partial charge >= 0.3 is 0 Å². The summed E-state index contributed by atoms with van der Waals surface area (Å²) in [5.41, 5.74) is 2.82. The summed E-state index contributed by atoms with van der Waals surface area (Å²) in [5, 5.41) is 5.51. The van der Waals surface area contributed by atoms with Gasteiger partial charge in [0.1, 0.15) is 0 Å². The normalized spacial score (nSPS) is 11.2. The van der Waals surface area contributed by atoms with Crippen LogP contribution in [0.3, 0.4) is 0 Å². The molecule has 2 aromatic carbocycles. The maximum Gasteiger partial charge on any atom is 0.257 e. The molecule has 2 heterocycles. The summed E-state index contributed by atoms with van der Waals surface area (Å²) >= 11 is 7.41.